The maximum Gasteiger partial charge on any atom is 0.213 e. The number of aryl methyl sites for hydroxylation is 20. The van der Waals surface area contributed by atoms with Crippen LogP contribution in [0.15, 0.2) is 17.9 Å². The normalized spacial score (nSPS) is 10.0. The van der Waals surface area contributed by atoms with Crippen molar-refractivity contribution in [2.75, 3.05) is 0 Å². The Balaban J connectivity index is 0.000000485. The van der Waals surface area contributed by atoms with Crippen molar-refractivity contribution in [3.63, 3.8) is 0 Å². The van der Waals surface area contributed by atoms with E-state index in [9.17, 15) is 0 Å². The number of hydrogen-bond acceptors (Lipinski definition) is 17. The predicted molar refractivity (Wildman–Crippen MR) is 371 cm³/mol. The zero-order valence-electron chi connectivity index (χ0n) is 59.8. The average molecular weight is 1260 g/mol. The first-order valence-corrected chi connectivity index (χ1v) is 32.5. The van der Waals surface area contributed by atoms with Crippen molar-refractivity contribution < 1.29 is 17.9 Å². The number of aromatic nitrogens is 9. The standard InChI is InChI=1S/2C10H15N.2C8H12O.2C8H12S.C6H9NS.2C4H6N2O.C4H6N2S/c2*1-6-7(2)9(4)11-10(5)8(6)3;4*1-5-6(2)8(4)9-7(5)3;1-4-5(2)7-8-6(4)3;1-3-5-6-4(2)7-3;1-3-4(2)6-7-5-3;1-3-5-6-4(2)7-3/h2*1-5H3;4*1-4H3;1-3H3;3*1-2H3. The number of thiophene rings is 2. The predicted octanol–water partition coefficient (Wildman–Crippen LogP) is 20.8. The van der Waals surface area contributed by atoms with E-state index in [4.69, 9.17) is 13.3 Å². The number of nitrogens with zero attached hydrogens (tertiary/aromatic N) is 9. The minimum atomic E-state index is 0.623. The van der Waals surface area contributed by atoms with E-state index in [1.807, 2.05) is 85.0 Å². The Hall–Kier alpha value is -6.27. The number of furan rings is 2. The van der Waals surface area contributed by atoms with Crippen molar-refractivity contribution in [1.82, 2.24) is 45.0 Å². The van der Waals surface area contributed by atoms with Crippen molar-refractivity contribution in [2.45, 2.75) is 242 Å². The van der Waals surface area contributed by atoms with Crippen molar-refractivity contribution in [2.24, 2.45) is 0 Å². The van der Waals surface area contributed by atoms with Crippen LogP contribution in [0.4, 0.5) is 0 Å². The first-order valence-electron chi connectivity index (χ1n) is 29.3. The first-order chi connectivity index (χ1) is 40.2. The van der Waals surface area contributed by atoms with Crippen LogP contribution in [-0.4, -0.2) is 45.0 Å². The van der Waals surface area contributed by atoms with Gasteiger partial charge in [-0.3, -0.25) is 9.97 Å². The summed E-state index contributed by atoms with van der Waals surface area (Å²) in [5, 5.41) is 23.9. The van der Waals surface area contributed by atoms with Gasteiger partial charge in [0.05, 0.1) is 5.69 Å². The van der Waals surface area contributed by atoms with Crippen LogP contribution in [0, 0.1) is 242 Å². The van der Waals surface area contributed by atoms with E-state index in [1.165, 1.54) is 114 Å². The summed E-state index contributed by atoms with van der Waals surface area (Å²) in [6.45, 7) is 72.3. The lowest BCUT2D eigenvalue weighted by molar-refractivity contribution is 0.302. The molecule has 0 aromatic carbocycles. The van der Waals surface area contributed by atoms with Gasteiger partial charge in [-0.2, -0.15) is 4.37 Å². The summed E-state index contributed by atoms with van der Waals surface area (Å²) in [5.74, 6) is 5.43. The molecule has 17 heteroatoms. The highest BCUT2D eigenvalue weighted by atomic mass is 32.1. The Morgan fingerprint density at radius 1 is 0.230 bits per heavy atom. The second-order valence-corrected chi connectivity index (χ2v) is 27.5. The third kappa shape index (κ3) is 25.0. The Morgan fingerprint density at radius 3 is 0.621 bits per heavy atom. The molecule has 0 saturated carbocycles. The molecule has 10 aromatic rings. The molecule has 10 rings (SSSR count). The summed E-state index contributed by atoms with van der Waals surface area (Å²) in [4.78, 5) is 16.1. The van der Waals surface area contributed by atoms with Crippen LogP contribution in [0.2, 0.25) is 0 Å². The van der Waals surface area contributed by atoms with Crippen LogP contribution < -0.4 is 0 Å². The molecule has 0 aliphatic rings. The second-order valence-electron chi connectivity index (χ2n) is 22.2. The molecule has 0 saturated heterocycles. The summed E-state index contributed by atoms with van der Waals surface area (Å²) in [6, 6.07) is 0. The lowest BCUT2D eigenvalue weighted by Gasteiger charge is -2.09. The Labute approximate surface area is 539 Å². The number of hydrogen-bond donors (Lipinski definition) is 0. The van der Waals surface area contributed by atoms with E-state index in [0.717, 1.165) is 67.2 Å². The molecule has 0 fully saturated rings. The quantitative estimate of drug-likeness (QED) is 0.141. The molecule has 0 aliphatic carbocycles. The van der Waals surface area contributed by atoms with E-state index < -0.39 is 0 Å². The SMILES string of the molecule is Cc1nc(C)c(C)c(C)c1C.Cc1nc(C)c(C)c(C)c1C.Cc1nnc(C)o1.Cc1nnc(C)s1.Cc1nonc1C.Cc1nsc(C)c1C.Cc1oc(C)c(C)c1C.Cc1oc(C)c(C)c1C.Cc1sc(C)c(C)c1C.Cc1sc(C)c(C)c1C. The molecule has 10 heterocycles. The largest absolute Gasteiger partial charge is 0.466 e. The molecule has 0 aliphatic heterocycles. The third-order valence-electron chi connectivity index (χ3n) is 16.3. The molecule has 0 atom stereocenters. The zero-order valence-corrected chi connectivity index (χ0v) is 63.1. The maximum absolute atomic E-state index is 5.34. The van der Waals surface area contributed by atoms with E-state index in [2.05, 4.69) is 216 Å². The van der Waals surface area contributed by atoms with Gasteiger partial charge in [-0.15, -0.1) is 54.4 Å². The van der Waals surface area contributed by atoms with Gasteiger partial charge in [0.15, 0.2) is 0 Å². The van der Waals surface area contributed by atoms with E-state index in [1.54, 1.807) is 36.7 Å². The van der Waals surface area contributed by atoms with Gasteiger partial charge < -0.3 is 13.3 Å². The van der Waals surface area contributed by atoms with E-state index >= 15 is 0 Å². The van der Waals surface area contributed by atoms with E-state index in [-0.39, 0.29) is 0 Å². The Kier molecular flexibility index (Phi) is 33.4. The number of pyridine rings is 2. The highest BCUT2D eigenvalue weighted by Crippen LogP contribution is 2.26. The summed E-state index contributed by atoms with van der Waals surface area (Å²) >= 11 is 6.99. The molecule has 0 amide bonds. The second kappa shape index (κ2) is 36.9. The lowest BCUT2D eigenvalue weighted by atomic mass is 10.0. The summed E-state index contributed by atoms with van der Waals surface area (Å²) in [6.07, 6.45) is 0. The monoisotopic (exact) mass is 1260 g/mol. The molecule has 13 nitrogen and oxygen atoms in total. The number of rotatable bonds is 0. The summed E-state index contributed by atoms with van der Waals surface area (Å²) in [7, 11) is 0. The van der Waals surface area contributed by atoms with Gasteiger partial charge in [0.25, 0.3) is 0 Å². The molecule has 87 heavy (non-hydrogen) atoms. The molecule has 10 aromatic heterocycles. The van der Waals surface area contributed by atoms with Gasteiger partial charge in [-0.1, -0.05) is 10.3 Å². The molecular weight excluding hydrogens is 1160 g/mol. The van der Waals surface area contributed by atoms with Crippen LogP contribution in [0.5, 0.6) is 0 Å². The van der Waals surface area contributed by atoms with Crippen molar-refractivity contribution >= 4 is 45.5 Å². The van der Waals surface area contributed by atoms with Gasteiger partial charge in [0.1, 0.15) is 44.4 Å². The molecular formula is C70H105N9O4S4. The molecule has 0 radical (unpaired) electrons. The van der Waals surface area contributed by atoms with Crippen LogP contribution in [0.25, 0.3) is 0 Å². The minimum absolute atomic E-state index is 0.623. The maximum atomic E-state index is 5.34. The van der Waals surface area contributed by atoms with Crippen molar-refractivity contribution in [3.05, 3.63) is 193 Å². The summed E-state index contributed by atoms with van der Waals surface area (Å²) < 4.78 is 24.1. The fourth-order valence-corrected chi connectivity index (χ4v) is 11.2. The fraction of sp³-hybridized carbons (Fsp3) is 0.500. The average Bonchev–Trinajstić information content (AvgIpc) is 3.11. The van der Waals surface area contributed by atoms with Crippen LogP contribution in [0.3, 0.4) is 0 Å². The van der Waals surface area contributed by atoms with Gasteiger partial charge in [-0.05, 0) is 323 Å². The van der Waals surface area contributed by atoms with E-state index in [0.29, 0.717) is 11.8 Å². The molecule has 0 unspecified atom stereocenters. The molecule has 0 spiro atoms. The van der Waals surface area contributed by atoms with Gasteiger partial charge in [-0.25, -0.2) is 4.63 Å². The highest BCUT2D eigenvalue weighted by molar-refractivity contribution is 7.12. The third-order valence-corrected chi connectivity index (χ3v) is 20.5. The van der Waals surface area contributed by atoms with Gasteiger partial charge in [0, 0.05) is 61.0 Å². The van der Waals surface area contributed by atoms with Crippen LogP contribution in [0.1, 0.15) is 193 Å². The Morgan fingerprint density at radius 2 is 0.506 bits per heavy atom. The zero-order chi connectivity index (χ0) is 67.2. The lowest BCUT2D eigenvalue weighted by Crippen LogP contribution is -1.98. The molecule has 0 N–H and O–H groups in total. The van der Waals surface area contributed by atoms with Crippen molar-refractivity contribution in [1.29, 1.82) is 0 Å². The first kappa shape index (κ1) is 78.7. The summed E-state index contributed by atoms with van der Waals surface area (Å²) in [5.41, 5.74) is 28.0. The smallest absolute Gasteiger partial charge is 0.213 e. The van der Waals surface area contributed by atoms with Crippen molar-refractivity contribution in [3.8, 4) is 0 Å². The van der Waals surface area contributed by atoms with Crippen LogP contribution in [-0.2, 0) is 0 Å². The fourth-order valence-electron chi connectivity index (χ4n) is 7.72. The molecule has 0 bridgehead atoms. The van der Waals surface area contributed by atoms with Crippen LogP contribution >= 0.6 is 45.5 Å². The Bertz CT molecular complexity index is 3230. The van der Waals surface area contributed by atoms with Gasteiger partial charge in [0.2, 0.25) is 11.8 Å². The van der Waals surface area contributed by atoms with Gasteiger partial charge >= 0.3 is 0 Å². The molecule has 478 valence electrons. The minimum Gasteiger partial charge on any atom is -0.466 e. The highest BCUT2D eigenvalue weighted by Gasteiger charge is 2.08. The topological polar surface area (TPSA) is 169 Å².